The Balaban J connectivity index is 2.81. The van der Waals surface area contributed by atoms with Gasteiger partial charge >= 0.3 is 5.97 Å². The Kier molecular flexibility index (Phi) is 6.21. The van der Waals surface area contributed by atoms with E-state index in [1.165, 1.54) is 7.11 Å². The second kappa shape index (κ2) is 7.68. The Bertz CT molecular complexity index is 423. The predicted molar refractivity (Wildman–Crippen MR) is 74.1 cm³/mol. The van der Waals surface area contributed by atoms with Gasteiger partial charge in [0.1, 0.15) is 5.82 Å². The lowest BCUT2D eigenvalue weighted by Crippen LogP contribution is -2.29. The van der Waals surface area contributed by atoms with Crippen molar-refractivity contribution in [1.82, 2.24) is 9.97 Å². The van der Waals surface area contributed by atoms with Crippen molar-refractivity contribution >= 4 is 11.8 Å². The van der Waals surface area contributed by atoms with Crippen molar-refractivity contribution in [2.75, 3.05) is 19.0 Å². The molecule has 1 heterocycles. The van der Waals surface area contributed by atoms with Crippen LogP contribution in [-0.4, -0.2) is 35.6 Å². The van der Waals surface area contributed by atoms with Gasteiger partial charge in [0.2, 0.25) is 5.82 Å². The zero-order chi connectivity index (χ0) is 14.3. The van der Waals surface area contributed by atoms with Crippen LogP contribution in [0.4, 0.5) is 5.82 Å². The Hall–Kier alpha value is -1.69. The van der Waals surface area contributed by atoms with Crippen LogP contribution < -0.4 is 11.1 Å². The highest BCUT2D eigenvalue weighted by Gasteiger charge is 2.13. The smallest absolute Gasteiger partial charge is 0.376 e. The fourth-order valence-electron chi connectivity index (χ4n) is 1.73. The summed E-state index contributed by atoms with van der Waals surface area (Å²) >= 11 is 0. The summed E-state index contributed by atoms with van der Waals surface area (Å²) in [6.07, 6.45) is 3.20. The van der Waals surface area contributed by atoms with E-state index < -0.39 is 5.97 Å². The zero-order valence-corrected chi connectivity index (χ0v) is 11.8. The first-order chi connectivity index (χ1) is 9.10. The number of hydrogen-bond acceptors (Lipinski definition) is 6. The van der Waals surface area contributed by atoms with Gasteiger partial charge in [-0.25, -0.2) is 14.8 Å². The highest BCUT2D eigenvalue weighted by molar-refractivity contribution is 5.85. The van der Waals surface area contributed by atoms with E-state index in [9.17, 15) is 4.79 Å². The molecule has 6 nitrogen and oxygen atoms in total. The van der Waals surface area contributed by atoms with E-state index in [0.717, 1.165) is 19.3 Å². The second-order valence-electron chi connectivity index (χ2n) is 4.43. The zero-order valence-electron chi connectivity index (χ0n) is 11.8. The van der Waals surface area contributed by atoms with Gasteiger partial charge in [0, 0.05) is 24.3 Å². The van der Waals surface area contributed by atoms with Crippen molar-refractivity contribution in [3.63, 3.8) is 0 Å². The van der Waals surface area contributed by atoms with E-state index in [1.54, 1.807) is 6.07 Å². The normalized spacial score (nSPS) is 12.0. The topological polar surface area (TPSA) is 90.1 Å². The molecule has 0 saturated heterocycles. The second-order valence-corrected chi connectivity index (χ2v) is 4.43. The summed E-state index contributed by atoms with van der Waals surface area (Å²) in [6, 6.07) is 1.95. The van der Waals surface area contributed by atoms with Crippen molar-refractivity contribution in [3.05, 3.63) is 17.6 Å². The van der Waals surface area contributed by atoms with Gasteiger partial charge in [-0.05, 0) is 13.3 Å². The molecule has 1 atom stereocenters. The monoisotopic (exact) mass is 266 g/mol. The SMILES string of the molecule is CCCCC(CN)Nc1cc(C)nc(C(=O)OC)n1. The molecule has 106 valence electrons. The summed E-state index contributed by atoms with van der Waals surface area (Å²) in [6.45, 7) is 4.47. The molecule has 0 bridgehead atoms. The van der Waals surface area contributed by atoms with Crippen molar-refractivity contribution < 1.29 is 9.53 Å². The number of ether oxygens (including phenoxy) is 1. The van der Waals surface area contributed by atoms with Gasteiger partial charge in [-0.3, -0.25) is 0 Å². The minimum absolute atomic E-state index is 0.0660. The number of esters is 1. The van der Waals surface area contributed by atoms with Crippen molar-refractivity contribution in [3.8, 4) is 0 Å². The van der Waals surface area contributed by atoms with E-state index in [0.29, 0.717) is 18.1 Å². The van der Waals surface area contributed by atoms with Crippen LogP contribution in [0.15, 0.2) is 6.07 Å². The number of hydrogen-bond donors (Lipinski definition) is 2. The molecule has 6 heteroatoms. The molecular weight excluding hydrogens is 244 g/mol. The molecule has 1 aromatic heterocycles. The fraction of sp³-hybridized carbons (Fsp3) is 0.615. The first kappa shape index (κ1) is 15.4. The molecular formula is C13H22N4O2. The molecule has 0 saturated carbocycles. The molecule has 0 amide bonds. The minimum atomic E-state index is -0.537. The molecule has 0 aliphatic rings. The number of aryl methyl sites for hydroxylation is 1. The van der Waals surface area contributed by atoms with Crippen LogP contribution in [0.1, 0.15) is 42.5 Å². The Morgan fingerprint density at radius 1 is 1.53 bits per heavy atom. The van der Waals surface area contributed by atoms with Gasteiger partial charge < -0.3 is 15.8 Å². The third kappa shape index (κ3) is 4.82. The van der Waals surface area contributed by atoms with E-state index in [4.69, 9.17) is 5.73 Å². The number of carbonyl (C=O) groups excluding carboxylic acids is 1. The highest BCUT2D eigenvalue weighted by atomic mass is 16.5. The average molecular weight is 266 g/mol. The molecule has 0 spiro atoms. The Morgan fingerprint density at radius 3 is 2.84 bits per heavy atom. The lowest BCUT2D eigenvalue weighted by atomic mass is 10.1. The van der Waals surface area contributed by atoms with Crippen molar-refractivity contribution in [2.24, 2.45) is 5.73 Å². The van der Waals surface area contributed by atoms with Gasteiger partial charge in [-0.1, -0.05) is 19.8 Å². The van der Waals surface area contributed by atoms with E-state index >= 15 is 0 Å². The largest absolute Gasteiger partial charge is 0.463 e. The summed E-state index contributed by atoms with van der Waals surface area (Å²) in [4.78, 5) is 19.6. The number of unbranched alkanes of at least 4 members (excludes halogenated alkanes) is 1. The number of rotatable bonds is 7. The van der Waals surface area contributed by atoms with E-state index in [1.807, 2.05) is 6.92 Å². The lowest BCUT2D eigenvalue weighted by Gasteiger charge is -2.17. The van der Waals surface area contributed by atoms with Crippen LogP contribution in [0, 0.1) is 6.92 Å². The van der Waals surface area contributed by atoms with Gasteiger partial charge in [0.15, 0.2) is 0 Å². The number of nitrogens with two attached hydrogens (primary N) is 1. The summed E-state index contributed by atoms with van der Waals surface area (Å²) in [5, 5.41) is 3.24. The van der Waals surface area contributed by atoms with Crippen LogP contribution in [0.5, 0.6) is 0 Å². The Morgan fingerprint density at radius 2 is 2.26 bits per heavy atom. The first-order valence-corrected chi connectivity index (χ1v) is 6.51. The molecule has 1 aromatic rings. The van der Waals surface area contributed by atoms with Crippen molar-refractivity contribution in [1.29, 1.82) is 0 Å². The maximum absolute atomic E-state index is 11.4. The number of carbonyl (C=O) groups is 1. The predicted octanol–water partition coefficient (Wildman–Crippen LogP) is 1.50. The molecule has 3 N–H and O–H groups in total. The summed E-state index contributed by atoms with van der Waals surface area (Å²) in [5.74, 6) is 0.139. The summed E-state index contributed by atoms with van der Waals surface area (Å²) in [5.41, 5.74) is 6.44. The lowest BCUT2D eigenvalue weighted by molar-refractivity contribution is 0.0586. The summed E-state index contributed by atoms with van der Waals surface area (Å²) < 4.78 is 4.63. The van der Waals surface area contributed by atoms with Gasteiger partial charge in [-0.2, -0.15) is 0 Å². The number of aromatic nitrogens is 2. The molecule has 0 aliphatic carbocycles. The number of methoxy groups -OCH3 is 1. The van der Waals surface area contributed by atoms with Crippen LogP contribution >= 0.6 is 0 Å². The van der Waals surface area contributed by atoms with E-state index in [2.05, 4.69) is 26.9 Å². The molecule has 1 rings (SSSR count). The first-order valence-electron chi connectivity index (χ1n) is 6.51. The van der Waals surface area contributed by atoms with Crippen LogP contribution in [0.25, 0.3) is 0 Å². The number of nitrogens with one attached hydrogen (secondary N) is 1. The van der Waals surface area contributed by atoms with Crippen LogP contribution in [0.3, 0.4) is 0 Å². The van der Waals surface area contributed by atoms with Gasteiger partial charge in [0.25, 0.3) is 0 Å². The maximum Gasteiger partial charge on any atom is 0.376 e. The van der Waals surface area contributed by atoms with Gasteiger partial charge in [0.05, 0.1) is 7.11 Å². The molecule has 1 unspecified atom stereocenters. The Labute approximate surface area is 113 Å². The van der Waals surface area contributed by atoms with Crippen molar-refractivity contribution in [2.45, 2.75) is 39.2 Å². The highest BCUT2D eigenvalue weighted by Crippen LogP contribution is 2.11. The molecule has 0 aliphatic heterocycles. The quantitative estimate of drug-likeness (QED) is 0.727. The third-order valence-corrected chi connectivity index (χ3v) is 2.76. The van der Waals surface area contributed by atoms with Crippen LogP contribution in [-0.2, 0) is 4.74 Å². The number of anilines is 1. The molecule has 0 radical (unpaired) electrons. The van der Waals surface area contributed by atoms with Gasteiger partial charge in [-0.15, -0.1) is 0 Å². The average Bonchev–Trinajstić information content (AvgIpc) is 2.41. The molecule has 0 aromatic carbocycles. The number of nitrogens with zero attached hydrogens (tertiary/aromatic N) is 2. The summed E-state index contributed by atoms with van der Waals surface area (Å²) in [7, 11) is 1.31. The van der Waals surface area contributed by atoms with E-state index in [-0.39, 0.29) is 11.9 Å². The molecule has 19 heavy (non-hydrogen) atoms. The standard InChI is InChI=1S/C13H22N4O2/c1-4-5-6-10(8-14)16-11-7-9(2)15-12(17-11)13(18)19-3/h7,10H,4-6,8,14H2,1-3H3,(H,15,16,17). The maximum atomic E-state index is 11.4. The van der Waals surface area contributed by atoms with Crippen LogP contribution in [0.2, 0.25) is 0 Å². The minimum Gasteiger partial charge on any atom is -0.463 e. The fourth-order valence-corrected chi connectivity index (χ4v) is 1.73. The molecule has 0 fully saturated rings. The third-order valence-electron chi connectivity index (χ3n) is 2.76.